The summed E-state index contributed by atoms with van der Waals surface area (Å²) >= 11 is 0. The topological polar surface area (TPSA) is 109 Å². The minimum Gasteiger partial charge on any atom is -0.478 e. The number of rotatable bonds is 6. The smallest absolute Gasteiger partial charge is 0.335 e. The molecule has 3 rings (SSSR count). The van der Waals surface area contributed by atoms with Crippen molar-refractivity contribution in [3.05, 3.63) is 82.2 Å². The predicted octanol–water partition coefficient (Wildman–Crippen LogP) is 4.44. The quantitative estimate of drug-likeness (QED) is 0.466. The van der Waals surface area contributed by atoms with Gasteiger partial charge in [-0.1, -0.05) is 12.1 Å². The van der Waals surface area contributed by atoms with Gasteiger partial charge in [0.25, 0.3) is 0 Å². The van der Waals surface area contributed by atoms with Crippen LogP contribution < -0.4 is 0 Å². The molecule has 0 saturated heterocycles. The Morgan fingerprint density at radius 3 is 2.10 bits per heavy atom. The van der Waals surface area contributed by atoms with E-state index in [4.69, 9.17) is 0 Å². The molecule has 152 valence electrons. The monoisotopic (exact) mass is 404 g/mol. The number of ketones is 1. The number of carboxylic acid groups (broad SMARTS) is 2. The van der Waals surface area contributed by atoms with Crippen molar-refractivity contribution in [1.29, 1.82) is 0 Å². The summed E-state index contributed by atoms with van der Waals surface area (Å²) in [5, 5.41) is 18.7. The molecule has 1 heterocycles. The minimum absolute atomic E-state index is 0.0437. The van der Waals surface area contributed by atoms with Crippen molar-refractivity contribution in [2.45, 2.75) is 20.8 Å². The molecule has 3 aromatic rings. The molecule has 2 aromatic carbocycles. The van der Waals surface area contributed by atoms with Gasteiger partial charge in [-0.3, -0.25) is 9.79 Å². The average molecular weight is 404 g/mol. The Labute approximate surface area is 172 Å². The third kappa shape index (κ3) is 4.20. The van der Waals surface area contributed by atoms with Gasteiger partial charge in [-0.05, 0) is 57.2 Å². The zero-order valence-corrected chi connectivity index (χ0v) is 16.7. The highest BCUT2D eigenvalue weighted by molar-refractivity contribution is 5.96. The lowest BCUT2D eigenvalue weighted by Gasteiger charge is -2.12. The van der Waals surface area contributed by atoms with E-state index in [-0.39, 0.29) is 16.9 Å². The lowest BCUT2D eigenvalue weighted by Crippen LogP contribution is -2.07. The number of nitrogens with zero attached hydrogens (tertiary/aromatic N) is 2. The van der Waals surface area contributed by atoms with E-state index in [1.165, 1.54) is 19.1 Å². The number of hydrogen-bond acceptors (Lipinski definition) is 4. The van der Waals surface area contributed by atoms with E-state index in [1.807, 2.05) is 19.9 Å². The Balaban J connectivity index is 2.05. The molecule has 30 heavy (non-hydrogen) atoms. The summed E-state index contributed by atoms with van der Waals surface area (Å²) in [5.74, 6) is -2.44. The van der Waals surface area contributed by atoms with Crippen LogP contribution in [0.15, 0.2) is 53.5 Å². The van der Waals surface area contributed by atoms with Gasteiger partial charge in [0.1, 0.15) is 0 Å². The van der Waals surface area contributed by atoms with Gasteiger partial charge in [-0.2, -0.15) is 0 Å². The molecule has 7 nitrogen and oxygen atoms in total. The first-order valence-electron chi connectivity index (χ1n) is 9.13. The number of carbonyl (C=O) groups is 3. The van der Waals surface area contributed by atoms with Crippen LogP contribution in [0.5, 0.6) is 0 Å². The van der Waals surface area contributed by atoms with Crippen molar-refractivity contribution < 1.29 is 24.6 Å². The largest absolute Gasteiger partial charge is 0.478 e. The summed E-state index contributed by atoms with van der Waals surface area (Å²) in [6.07, 6.45) is 1.66. The van der Waals surface area contributed by atoms with Gasteiger partial charge < -0.3 is 14.8 Å². The molecule has 1 aromatic heterocycles. The van der Waals surface area contributed by atoms with E-state index in [9.17, 15) is 24.6 Å². The number of benzene rings is 2. The fraction of sp³-hybridized carbons (Fsp3) is 0.130. The Kier molecular flexibility index (Phi) is 5.64. The van der Waals surface area contributed by atoms with Crippen molar-refractivity contribution in [3.8, 4) is 5.69 Å². The van der Waals surface area contributed by atoms with E-state index >= 15 is 0 Å². The third-order valence-electron chi connectivity index (χ3n) is 4.75. The molecule has 0 unspecified atom stereocenters. The van der Waals surface area contributed by atoms with Crippen LogP contribution in [0.3, 0.4) is 0 Å². The van der Waals surface area contributed by atoms with E-state index in [1.54, 1.807) is 35.0 Å². The van der Waals surface area contributed by atoms with Crippen LogP contribution in [0.4, 0.5) is 5.69 Å². The first-order chi connectivity index (χ1) is 14.2. The summed E-state index contributed by atoms with van der Waals surface area (Å²) in [6.45, 7) is 5.18. The summed E-state index contributed by atoms with van der Waals surface area (Å²) < 4.78 is 1.78. The second-order valence-corrected chi connectivity index (χ2v) is 6.91. The summed E-state index contributed by atoms with van der Waals surface area (Å²) in [5.41, 5.74) is 3.81. The maximum Gasteiger partial charge on any atom is 0.335 e. The first-order valence-corrected chi connectivity index (χ1v) is 9.13. The van der Waals surface area contributed by atoms with Gasteiger partial charge >= 0.3 is 11.9 Å². The molecular weight excluding hydrogens is 384 g/mol. The number of carboxylic acids is 2. The number of aromatic nitrogens is 1. The predicted molar refractivity (Wildman–Crippen MR) is 113 cm³/mol. The van der Waals surface area contributed by atoms with E-state index in [2.05, 4.69) is 4.99 Å². The molecule has 0 amide bonds. The zero-order valence-electron chi connectivity index (χ0n) is 16.7. The maximum absolute atomic E-state index is 11.5. The standard InChI is InChI=1S/C23H20N2O5/c1-13-7-19(12-24-20-6-4-5-16(9-20)15(3)26)14(2)25(13)21-10-17(22(27)28)8-18(11-21)23(29)30/h4-12H,1-3H3,(H,27,28)(H,29,30). The van der Waals surface area contributed by atoms with Crippen LogP contribution >= 0.6 is 0 Å². The van der Waals surface area contributed by atoms with Crippen molar-refractivity contribution in [1.82, 2.24) is 4.57 Å². The summed E-state index contributed by atoms with van der Waals surface area (Å²) in [6, 6.07) is 12.9. The molecule has 0 atom stereocenters. The van der Waals surface area contributed by atoms with Crippen LogP contribution in [0.1, 0.15) is 54.9 Å². The maximum atomic E-state index is 11.5. The lowest BCUT2D eigenvalue weighted by molar-refractivity contribution is 0.0696. The van der Waals surface area contributed by atoms with Gasteiger partial charge in [0.2, 0.25) is 0 Å². The van der Waals surface area contributed by atoms with Crippen LogP contribution in [0.2, 0.25) is 0 Å². The summed E-state index contributed by atoms with van der Waals surface area (Å²) in [4.78, 5) is 38.8. The van der Waals surface area contributed by atoms with Gasteiger partial charge in [0.15, 0.2) is 5.78 Å². The van der Waals surface area contributed by atoms with Gasteiger partial charge in [-0.15, -0.1) is 0 Å². The van der Waals surface area contributed by atoms with E-state index in [0.29, 0.717) is 16.9 Å². The highest BCUT2D eigenvalue weighted by Gasteiger charge is 2.16. The zero-order chi connectivity index (χ0) is 22.0. The Morgan fingerprint density at radius 2 is 1.53 bits per heavy atom. The van der Waals surface area contributed by atoms with Crippen LogP contribution in [-0.4, -0.2) is 38.7 Å². The molecule has 2 N–H and O–H groups in total. The number of aliphatic imine (C=N–C) groups is 1. The molecule has 0 aliphatic carbocycles. The van der Waals surface area contributed by atoms with Crippen LogP contribution in [0.25, 0.3) is 5.69 Å². The summed E-state index contributed by atoms with van der Waals surface area (Å²) in [7, 11) is 0. The number of carbonyl (C=O) groups excluding carboxylic acids is 1. The fourth-order valence-electron chi connectivity index (χ4n) is 3.25. The highest BCUT2D eigenvalue weighted by atomic mass is 16.4. The minimum atomic E-state index is -1.20. The number of Topliss-reactive ketones (excluding diaryl/α,β-unsaturated/α-hetero) is 1. The van der Waals surface area contributed by atoms with Gasteiger partial charge in [0.05, 0.1) is 16.8 Å². The van der Waals surface area contributed by atoms with Crippen LogP contribution in [-0.2, 0) is 0 Å². The number of hydrogen-bond donors (Lipinski definition) is 2. The van der Waals surface area contributed by atoms with Crippen molar-refractivity contribution >= 4 is 29.6 Å². The molecule has 0 fully saturated rings. The van der Waals surface area contributed by atoms with Crippen molar-refractivity contribution in [3.63, 3.8) is 0 Å². The number of aromatic carboxylic acids is 2. The molecule has 7 heteroatoms. The molecule has 0 saturated carbocycles. The SMILES string of the molecule is CC(=O)c1cccc(N=Cc2cc(C)n(-c3cc(C(=O)O)cc(C(=O)O)c3)c2C)c1. The van der Waals surface area contributed by atoms with Crippen molar-refractivity contribution in [2.75, 3.05) is 0 Å². The molecular formula is C23H20N2O5. The first kappa shape index (κ1) is 20.7. The normalized spacial score (nSPS) is 11.0. The molecule has 0 radical (unpaired) electrons. The fourth-order valence-corrected chi connectivity index (χ4v) is 3.25. The van der Waals surface area contributed by atoms with E-state index in [0.717, 1.165) is 23.0 Å². The Hall–Kier alpha value is -4.00. The van der Waals surface area contributed by atoms with Gasteiger partial charge in [0, 0.05) is 34.4 Å². The van der Waals surface area contributed by atoms with Crippen molar-refractivity contribution in [2.24, 2.45) is 4.99 Å². The molecule has 0 spiro atoms. The molecule has 0 aliphatic rings. The number of aryl methyl sites for hydroxylation is 1. The Bertz CT molecular complexity index is 1170. The van der Waals surface area contributed by atoms with Crippen LogP contribution in [0, 0.1) is 13.8 Å². The molecule has 0 aliphatic heterocycles. The molecule has 0 bridgehead atoms. The highest BCUT2D eigenvalue weighted by Crippen LogP contribution is 2.23. The van der Waals surface area contributed by atoms with Gasteiger partial charge in [-0.25, -0.2) is 9.59 Å². The lowest BCUT2D eigenvalue weighted by atomic mass is 10.1. The van der Waals surface area contributed by atoms with E-state index < -0.39 is 11.9 Å². The third-order valence-corrected chi connectivity index (χ3v) is 4.75. The average Bonchev–Trinajstić information content (AvgIpc) is 2.99. The second-order valence-electron chi connectivity index (χ2n) is 6.91. The Morgan fingerprint density at radius 1 is 0.900 bits per heavy atom. The second kappa shape index (κ2) is 8.16.